The average Bonchev–Trinajstić information content (AvgIpc) is 2.86. The zero-order valence-corrected chi connectivity index (χ0v) is 12.3. The van der Waals surface area contributed by atoms with Crippen molar-refractivity contribution in [1.29, 1.82) is 0 Å². The Morgan fingerprint density at radius 3 is 2.81 bits per heavy atom. The Bertz CT molecular complexity index is 441. The van der Waals surface area contributed by atoms with E-state index in [0.29, 0.717) is 39.2 Å². The smallest absolute Gasteiger partial charge is 0.409 e. The van der Waals surface area contributed by atoms with Crippen molar-refractivity contribution in [3.05, 3.63) is 10.4 Å². The van der Waals surface area contributed by atoms with E-state index in [4.69, 9.17) is 10.3 Å². The minimum absolute atomic E-state index is 0.122. The summed E-state index contributed by atoms with van der Waals surface area (Å²) in [6.07, 6.45) is 1.74. The molecule has 0 aromatic carbocycles. The van der Waals surface area contributed by atoms with Crippen LogP contribution >= 0.6 is 0 Å². The van der Waals surface area contributed by atoms with Gasteiger partial charge < -0.3 is 14.5 Å². The van der Waals surface area contributed by atoms with Gasteiger partial charge in [0.2, 0.25) is 5.91 Å². The van der Waals surface area contributed by atoms with Crippen LogP contribution in [0.2, 0.25) is 0 Å². The zero-order valence-electron chi connectivity index (χ0n) is 12.3. The summed E-state index contributed by atoms with van der Waals surface area (Å²) in [5.74, 6) is 0.249. The molecule has 2 heterocycles. The number of carbonyl (C=O) groups excluding carboxylic acids is 2. The molecule has 0 aromatic heterocycles. The van der Waals surface area contributed by atoms with Crippen molar-refractivity contribution in [2.45, 2.75) is 32.2 Å². The van der Waals surface area contributed by atoms with Crippen LogP contribution in [0.1, 0.15) is 26.2 Å². The van der Waals surface area contributed by atoms with Crippen LogP contribution in [0.4, 0.5) is 4.79 Å². The fourth-order valence-electron chi connectivity index (χ4n) is 3.01. The highest BCUT2D eigenvalue weighted by Gasteiger charge is 2.36. The van der Waals surface area contributed by atoms with Crippen molar-refractivity contribution in [3.63, 3.8) is 0 Å². The Morgan fingerprint density at radius 2 is 2.19 bits per heavy atom. The molecule has 1 unspecified atom stereocenters. The number of amides is 2. The van der Waals surface area contributed by atoms with Crippen LogP contribution in [-0.4, -0.2) is 60.6 Å². The molecule has 0 saturated carbocycles. The fraction of sp³-hybridized carbons (Fsp3) is 0.846. The third-order valence-electron chi connectivity index (χ3n) is 4.07. The third kappa shape index (κ3) is 3.78. The summed E-state index contributed by atoms with van der Waals surface area (Å²) in [6.45, 7) is 4.44. The lowest BCUT2D eigenvalue weighted by Gasteiger charge is -2.36. The van der Waals surface area contributed by atoms with Gasteiger partial charge in [0, 0.05) is 43.6 Å². The van der Waals surface area contributed by atoms with Crippen molar-refractivity contribution in [3.8, 4) is 0 Å². The van der Waals surface area contributed by atoms with E-state index in [2.05, 4.69) is 10.0 Å². The molecule has 2 fully saturated rings. The second kappa shape index (κ2) is 7.17. The first-order valence-electron chi connectivity index (χ1n) is 7.37. The lowest BCUT2D eigenvalue weighted by molar-refractivity contribution is -0.130. The van der Waals surface area contributed by atoms with Crippen LogP contribution in [0, 0.1) is 5.92 Å². The number of hydrogen-bond acceptors (Lipinski definition) is 4. The Hall–Kier alpha value is -1.95. The number of carbonyl (C=O) groups is 2. The van der Waals surface area contributed by atoms with Crippen molar-refractivity contribution < 1.29 is 14.3 Å². The van der Waals surface area contributed by atoms with Crippen molar-refractivity contribution in [1.82, 2.24) is 9.80 Å². The van der Waals surface area contributed by atoms with Gasteiger partial charge in [-0.05, 0) is 31.2 Å². The van der Waals surface area contributed by atoms with Gasteiger partial charge in [-0.3, -0.25) is 4.79 Å². The van der Waals surface area contributed by atoms with Crippen molar-refractivity contribution in [2.75, 3.05) is 32.8 Å². The maximum absolute atomic E-state index is 12.1. The molecule has 2 saturated heterocycles. The van der Waals surface area contributed by atoms with Gasteiger partial charge in [-0.15, -0.1) is 0 Å². The van der Waals surface area contributed by atoms with Crippen LogP contribution < -0.4 is 0 Å². The highest BCUT2D eigenvalue weighted by molar-refractivity contribution is 5.79. The standard InChI is InChI=1S/C13H21N5O3/c1-2-21-13(20)17-5-3-11(4-6-17)18-9-10(7-12(18)19)8-15-16-14/h10-11H,2-9H2,1H3. The predicted octanol–water partition coefficient (Wildman–Crippen LogP) is 1.77. The van der Waals surface area contributed by atoms with Gasteiger partial charge in [0.15, 0.2) is 0 Å². The number of rotatable bonds is 4. The van der Waals surface area contributed by atoms with E-state index >= 15 is 0 Å². The van der Waals surface area contributed by atoms with Crippen LogP contribution in [-0.2, 0) is 9.53 Å². The predicted molar refractivity (Wildman–Crippen MR) is 75.5 cm³/mol. The molecular weight excluding hydrogens is 274 g/mol. The molecular formula is C13H21N5O3. The second-order valence-electron chi connectivity index (χ2n) is 5.45. The summed E-state index contributed by atoms with van der Waals surface area (Å²) in [5.41, 5.74) is 8.34. The summed E-state index contributed by atoms with van der Waals surface area (Å²) >= 11 is 0. The van der Waals surface area contributed by atoms with Crippen LogP contribution in [0.5, 0.6) is 0 Å². The molecule has 0 aliphatic carbocycles. The lowest BCUT2D eigenvalue weighted by atomic mass is 10.0. The van der Waals surface area contributed by atoms with E-state index in [1.807, 2.05) is 4.90 Å². The molecule has 116 valence electrons. The summed E-state index contributed by atoms with van der Waals surface area (Å²) in [5, 5.41) is 3.56. The Balaban J connectivity index is 1.83. The largest absolute Gasteiger partial charge is 0.450 e. The first kappa shape index (κ1) is 15.4. The van der Waals surface area contributed by atoms with Gasteiger partial charge in [-0.25, -0.2) is 4.79 Å². The van der Waals surface area contributed by atoms with Gasteiger partial charge in [0.25, 0.3) is 0 Å². The highest BCUT2D eigenvalue weighted by atomic mass is 16.6. The normalized spacial score (nSPS) is 23.1. The molecule has 0 aromatic rings. The second-order valence-corrected chi connectivity index (χ2v) is 5.45. The molecule has 0 radical (unpaired) electrons. The number of likely N-dealkylation sites (tertiary alicyclic amines) is 2. The molecule has 2 aliphatic heterocycles. The third-order valence-corrected chi connectivity index (χ3v) is 4.07. The summed E-state index contributed by atoms with van der Waals surface area (Å²) < 4.78 is 4.98. The molecule has 0 bridgehead atoms. The minimum atomic E-state index is -0.273. The van der Waals surface area contributed by atoms with Gasteiger partial charge in [0.1, 0.15) is 0 Å². The Kier molecular flexibility index (Phi) is 5.27. The Morgan fingerprint density at radius 1 is 1.48 bits per heavy atom. The molecule has 21 heavy (non-hydrogen) atoms. The van der Waals surface area contributed by atoms with Gasteiger partial charge in [-0.1, -0.05) is 5.11 Å². The molecule has 2 aliphatic rings. The SMILES string of the molecule is CCOC(=O)N1CCC(N2CC(CN=[N+]=[N-])CC2=O)CC1. The van der Waals surface area contributed by atoms with Gasteiger partial charge in [-0.2, -0.15) is 0 Å². The maximum Gasteiger partial charge on any atom is 0.409 e. The topological polar surface area (TPSA) is 98.6 Å². The van der Waals surface area contributed by atoms with Gasteiger partial charge in [0.05, 0.1) is 6.61 Å². The van der Waals surface area contributed by atoms with E-state index in [1.165, 1.54) is 0 Å². The minimum Gasteiger partial charge on any atom is -0.450 e. The van der Waals surface area contributed by atoms with Crippen LogP contribution in [0.15, 0.2) is 5.11 Å². The zero-order chi connectivity index (χ0) is 15.2. The summed E-state index contributed by atoms with van der Waals surface area (Å²) in [7, 11) is 0. The first-order valence-corrected chi connectivity index (χ1v) is 7.37. The number of piperidine rings is 1. The summed E-state index contributed by atoms with van der Waals surface area (Å²) in [4.78, 5) is 30.0. The van der Waals surface area contributed by atoms with E-state index in [9.17, 15) is 9.59 Å². The molecule has 2 amide bonds. The molecule has 8 heteroatoms. The lowest BCUT2D eigenvalue weighted by Crippen LogP contribution is -2.47. The number of azide groups is 1. The molecule has 1 atom stereocenters. The summed E-state index contributed by atoms with van der Waals surface area (Å²) in [6, 6.07) is 0.180. The number of ether oxygens (including phenoxy) is 1. The van der Waals surface area contributed by atoms with E-state index in [-0.39, 0.29) is 24.0 Å². The van der Waals surface area contributed by atoms with Gasteiger partial charge >= 0.3 is 6.09 Å². The fourth-order valence-corrected chi connectivity index (χ4v) is 3.01. The maximum atomic E-state index is 12.1. The monoisotopic (exact) mass is 295 g/mol. The number of nitrogens with zero attached hydrogens (tertiary/aromatic N) is 5. The quantitative estimate of drug-likeness (QED) is 0.449. The van der Waals surface area contributed by atoms with Crippen molar-refractivity contribution >= 4 is 12.0 Å². The molecule has 0 N–H and O–H groups in total. The first-order chi connectivity index (χ1) is 10.2. The molecule has 2 rings (SSSR count). The molecule has 8 nitrogen and oxygen atoms in total. The Labute approximate surface area is 123 Å². The van der Waals surface area contributed by atoms with Crippen LogP contribution in [0.25, 0.3) is 10.4 Å². The highest BCUT2D eigenvalue weighted by Crippen LogP contribution is 2.26. The van der Waals surface area contributed by atoms with E-state index < -0.39 is 0 Å². The molecule has 0 spiro atoms. The van der Waals surface area contributed by atoms with E-state index in [1.54, 1.807) is 11.8 Å². The van der Waals surface area contributed by atoms with E-state index in [0.717, 1.165) is 12.8 Å². The average molecular weight is 295 g/mol. The van der Waals surface area contributed by atoms with Crippen LogP contribution in [0.3, 0.4) is 0 Å². The number of hydrogen-bond donors (Lipinski definition) is 0. The van der Waals surface area contributed by atoms with Crippen molar-refractivity contribution in [2.24, 2.45) is 11.0 Å².